The lowest BCUT2D eigenvalue weighted by atomic mass is 9.78. The van der Waals surface area contributed by atoms with Crippen LogP contribution in [0.5, 0.6) is 11.5 Å². The zero-order valence-electron chi connectivity index (χ0n) is 15.6. The monoisotopic (exact) mass is 375 g/mol. The van der Waals surface area contributed by atoms with E-state index in [4.69, 9.17) is 14.5 Å². The molecule has 2 aliphatic heterocycles. The molecule has 0 aliphatic carbocycles. The Kier molecular flexibility index (Phi) is 3.38. The Labute approximate surface area is 168 Å². The molecule has 0 atom stereocenters. The Hall–Kier alpha value is -3.85. The van der Waals surface area contributed by atoms with Gasteiger partial charge in [-0.3, -0.25) is 0 Å². The molecule has 3 heteroatoms. The molecular weight excluding hydrogens is 358 g/mol. The molecule has 2 aliphatic rings. The van der Waals surface area contributed by atoms with E-state index in [1.807, 2.05) is 72.8 Å². The van der Waals surface area contributed by atoms with Crippen molar-refractivity contribution < 1.29 is 9.47 Å². The lowest BCUT2D eigenvalue weighted by molar-refractivity contribution is 0.144. The third-order valence-electron chi connectivity index (χ3n) is 5.53. The number of fused-ring (bicyclic) bond motifs is 6. The van der Waals surface area contributed by atoms with Gasteiger partial charge in [-0.05, 0) is 30.3 Å². The Morgan fingerprint density at radius 2 is 1.10 bits per heavy atom. The minimum absolute atomic E-state index is 0.623. The van der Waals surface area contributed by atoms with Crippen LogP contribution in [0.3, 0.4) is 0 Å². The molecule has 138 valence electrons. The van der Waals surface area contributed by atoms with E-state index in [0.29, 0.717) is 5.90 Å². The van der Waals surface area contributed by atoms with Crippen molar-refractivity contribution in [3.8, 4) is 11.5 Å². The maximum Gasteiger partial charge on any atom is 0.223 e. The van der Waals surface area contributed by atoms with Gasteiger partial charge in [-0.2, -0.15) is 0 Å². The first-order chi connectivity index (χ1) is 14.4. The Morgan fingerprint density at radius 3 is 1.79 bits per heavy atom. The van der Waals surface area contributed by atoms with E-state index in [-0.39, 0.29) is 0 Å². The lowest BCUT2D eigenvalue weighted by Crippen LogP contribution is -2.32. The van der Waals surface area contributed by atoms with Crippen LogP contribution >= 0.6 is 0 Å². The molecule has 0 amide bonds. The van der Waals surface area contributed by atoms with E-state index < -0.39 is 5.60 Å². The van der Waals surface area contributed by atoms with Crippen LogP contribution in [0.25, 0.3) is 0 Å². The SMILES string of the molecule is c1ccc(N=C2OC3(c4ccccc4Oc4ccccc43)c3ccccc32)cc1. The summed E-state index contributed by atoms with van der Waals surface area (Å²) in [4.78, 5) is 4.85. The van der Waals surface area contributed by atoms with Crippen molar-refractivity contribution in [2.45, 2.75) is 5.60 Å². The van der Waals surface area contributed by atoms with Gasteiger partial charge in [0.15, 0.2) is 5.60 Å². The number of para-hydroxylation sites is 3. The highest BCUT2D eigenvalue weighted by Crippen LogP contribution is 2.56. The van der Waals surface area contributed by atoms with Gasteiger partial charge in [0.25, 0.3) is 0 Å². The molecule has 0 bridgehead atoms. The first kappa shape index (κ1) is 16.1. The van der Waals surface area contributed by atoms with Crippen molar-refractivity contribution in [2.75, 3.05) is 0 Å². The Bertz CT molecular complexity index is 1210. The second-order valence-corrected chi connectivity index (χ2v) is 7.18. The zero-order chi connectivity index (χ0) is 19.3. The van der Waals surface area contributed by atoms with Crippen LogP contribution in [0, 0.1) is 0 Å². The molecule has 2 heterocycles. The summed E-state index contributed by atoms with van der Waals surface area (Å²) in [6.07, 6.45) is 0. The first-order valence-corrected chi connectivity index (χ1v) is 9.66. The van der Waals surface area contributed by atoms with E-state index in [0.717, 1.165) is 39.4 Å². The number of ether oxygens (including phenoxy) is 2. The minimum Gasteiger partial charge on any atom is -0.456 e. The topological polar surface area (TPSA) is 30.8 Å². The maximum absolute atomic E-state index is 6.79. The van der Waals surface area contributed by atoms with Gasteiger partial charge in [0.05, 0.1) is 5.69 Å². The summed E-state index contributed by atoms with van der Waals surface area (Å²) >= 11 is 0. The van der Waals surface area contributed by atoms with Crippen LogP contribution in [0.15, 0.2) is 108 Å². The molecular formula is C26H17NO2. The van der Waals surface area contributed by atoms with Crippen molar-refractivity contribution in [1.82, 2.24) is 0 Å². The van der Waals surface area contributed by atoms with Crippen LogP contribution in [-0.2, 0) is 10.3 Å². The van der Waals surface area contributed by atoms with Gasteiger partial charge in [0.2, 0.25) is 5.90 Å². The molecule has 0 aromatic heterocycles. The number of rotatable bonds is 1. The molecule has 6 rings (SSSR count). The van der Waals surface area contributed by atoms with Crippen molar-refractivity contribution in [3.05, 3.63) is 125 Å². The molecule has 29 heavy (non-hydrogen) atoms. The third kappa shape index (κ3) is 2.28. The van der Waals surface area contributed by atoms with E-state index >= 15 is 0 Å². The summed E-state index contributed by atoms with van der Waals surface area (Å²) in [5.41, 5.74) is 4.15. The largest absolute Gasteiger partial charge is 0.456 e. The van der Waals surface area contributed by atoms with E-state index in [1.54, 1.807) is 0 Å². The van der Waals surface area contributed by atoms with Gasteiger partial charge in [-0.1, -0.05) is 72.8 Å². The highest BCUT2D eigenvalue weighted by molar-refractivity contribution is 6.02. The second kappa shape index (κ2) is 6.08. The normalized spacial score (nSPS) is 16.5. The highest BCUT2D eigenvalue weighted by atomic mass is 16.5. The van der Waals surface area contributed by atoms with Crippen molar-refractivity contribution in [3.63, 3.8) is 0 Å². The van der Waals surface area contributed by atoms with Crippen LogP contribution in [-0.4, -0.2) is 5.90 Å². The van der Waals surface area contributed by atoms with E-state index in [1.165, 1.54) is 0 Å². The summed E-state index contributed by atoms with van der Waals surface area (Å²) in [7, 11) is 0. The molecule has 0 saturated heterocycles. The van der Waals surface area contributed by atoms with E-state index in [2.05, 4.69) is 30.3 Å². The van der Waals surface area contributed by atoms with Gasteiger partial charge < -0.3 is 9.47 Å². The first-order valence-electron chi connectivity index (χ1n) is 9.66. The standard InChI is InChI=1S/C26H17NO2/c1-2-10-18(11-3-1)27-25-19-12-4-5-13-20(19)26(29-25)21-14-6-8-16-23(21)28-24-17-9-7-15-22(24)26/h1-17H. The highest BCUT2D eigenvalue weighted by Gasteiger charge is 2.52. The smallest absolute Gasteiger partial charge is 0.223 e. The minimum atomic E-state index is -0.782. The molecule has 0 saturated carbocycles. The fraction of sp³-hybridized carbons (Fsp3) is 0.0385. The molecule has 4 aromatic rings. The van der Waals surface area contributed by atoms with Gasteiger partial charge in [0, 0.05) is 22.3 Å². The predicted octanol–water partition coefficient (Wildman–Crippen LogP) is 6.19. The van der Waals surface area contributed by atoms with Gasteiger partial charge >= 0.3 is 0 Å². The average molecular weight is 375 g/mol. The van der Waals surface area contributed by atoms with Crippen molar-refractivity contribution >= 4 is 11.6 Å². The summed E-state index contributed by atoms with van der Waals surface area (Å²) in [6, 6.07) is 34.4. The molecule has 0 radical (unpaired) electrons. The molecule has 4 aromatic carbocycles. The summed E-state index contributed by atoms with van der Waals surface area (Å²) in [5, 5.41) is 0. The van der Waals surface area contributed by atoms with Crippen molar-refractivity contribution in [1.29, 1.82) is 0 Å². The van der Waals surface area contributed by atoms with Crippen LogP contribution in [0.1, 0.15) is 22.3 Å². The number of hydrogen-bond acceptors (Lipinski definition) is 3. The maximum atomic E-state index is 6.79. The van der Waals surface area contributed by atoms with Gasteiger partial charge in [-0.15, -0.1) is 0 Å². The predicted molar refractivity (Wildman–Crippen MR) is 113 cm³/mol. The lowest BCUT2D eigenvalue weighted by Gasteiger charge is -2.36. The van der Waals surface area contributed by atoms with Crippen LogP contribution < -0.4 is 4.74 Å². The summed E-state index contributed by atoms with van der Waals surface area (Å²) in [5.74, 6) is 2.24. The molecule has 1 spiro atoms. The Balaban J connectivity index is 1.66. The summed E-state index contributed by atoms with van der Waals surface area (Å²) in [6.45, 7) is 0. The summed E-state index contributed by atoms with van der Waals surface area (Å²) < 4.78 is 13.0. The Morgan fingerprint density at radius 1 is 0.552 bits per heavy atom. The van der Waals surface area contributed by atoms with Crippen LogP contribution in [0.2, 0.25) is 0 Å². The van der Waals surface area contributed by atoms with Gasteiger partial charge in [-0.25, -0.2) is 4.99 Å². The number of benzene rings is 4. The molecule has 0 N–H and O–H groups in total. The van der Waals surface area contributed by atoms with Crippen LogP contribution in [0.4, 0.5) is 5.69 Å². The molecule has 3 nitrogen and oxygen atoms in total. The third-order valence-corrected chi connectivity index (χ3v) is 5.53. The average Bonchev–Trinajstić information content (AvgIpc) is 3.10. The fourth-order valence-corrected chi connectivity index (χ4v) is 4.29. The number of nitrogens with zero attached hydrogens (tertiary/aromatic N) is 1. The second-order valence-electron chi connectivity index (χ2n) is 7.18. The molecule has 0 fully saturated rings. The quantitative estimate of drug-likeness (QED) is 0.397. The van der Waals surface area contributed by atoms with E-state index in [9.17, 15) is 0 Å². The zero-order valence-corrected chi connectivity index (χ0v) is 15.6. The van der Waals surface area contributed by atoms with Crippen molar-refractivity contribution in [2.24, 2.45) is 4.99 Å². The molecule has 0 unspecified atom stereocenters. The number of aliphatic imine (C=N–C) groups is 1. The van der Waals surface area contributed by atoms with Gasteiger partial charge in [0.1, 0.15) is 11.5 Å². The number of hydrogen-bond donors (Lipinski definition) is 0. The fourth-order valence-electron chi connectivity index (χ4n) is 4.29.